The number of amides is 1. The molecule has 2 aliphatic rings. The van der Waals surface area contributed by atoms with E-state index in [-0.39, 0.29) is 11.3 Å². The molecule has 0 radical (unpaired) electrons. The van der Waals surface area contributed by atoms with Crippen LogP contribution < -0.4 is 14.9 Å². The SMILES string of the molecule is COc1ccc([C@@]23CC/C(=N/NC(=O)c4cccnc4)C[C@@H]2N(C)CC3)cc1OC. The van der Waals surface area contributed by atoms with E-state index in [9.17, 15) is 4.79 Å². The Morgan fingerprint density at radius 1 is 1.23 bits per heavy atom. The van der Waals surface area contributed by atoms with Crippen molar-refractivity contribution in [2.75, 3.05) is 27.8 Å². The summed E-state index contributed by atoms with van der Waals surface area (Å²) in [5, 5.41) is 4.46. The van der Waals surface area contributed by atoms with E-state index in [4.69, 9.17) is 9.47 Å². The van der Waals surface area contributed by atoms with Crippen molar-refractivity contribution in [3.05, 3.63) is 53.9 Å². The second-order valence-electron chi connectivity index (χ2n) is 8.04. The number of likely N-dealkylation sites (tertiary alicyclic amines) is 1. The number of carbonyl (C=O) groups excluding carboxylic acids is 1. The highest BCUT2D eigenvalue weighted by atomic mass is 16.5. The van der Waals surface area contributed by atoms with Crippen molar-refractivity contribution in [1.82, 2.24) is 15.3 Å². The molecule has 1 N–H and O–H groups in total. The van der Waals surface area contributed by atoms with Crippen molar-refractivity contribution in [2.45, 2.75) is 37.1 Å². The highest BCUT2D eigenvalue weighted by Gasteiger charge is 2.49. The molecular formula is C23H28N4O3. The Morgan fingerprint density at radius 3 is 2.80 bits per heavy atom. The zero-order valence-electron chi connectivity index (χ0n) is 17.7. The van der Waals surface area contributed by atoms with Crippen molar-refractivity contribution in [3.8, 4) is 11.5 Å². The first kappa shape index (κ1) is 20.3. The fourth-order valence-corrected chi connectivity index (χ4v) is 4.88. The lowest BCUT2D eigenvalue weighted by atomic mass is 9.65. The van der Waals surface area contributed by atoms with Gasteiger partial charge in [0.25, 0.3) is 5.91 Å². The largest absolute Gasteiger partial charge is 0.493 e. The van der Waals surface area contributed by atoms with Crippen molar-refractivity contribution in [1.29, 1.82) is 0 Å². The quantitative estimate of drug-likeness (QED) is 0.770. The number of nitrogens with one attached hydrogen (secondary N) is 1. The molecule has 158 valence electrons. The molecule has 2 aromatic rings. The summed E-state index contributed by atoms with van der Waals surface area (Å²) in [6.45, 7) is 1.04. The number of ether oxygens (including phenoxy) is 2. The number of nitrogens with zero attached hydrogens (tertiary/aromatic N) is 3. The number of aromatic nitrogens is 1. The van der Waals surface area contributed by atoms with Crippen LogP contribution in [0.4, 0.5) is 0 Å². The number of fused-ring (bicyclic) bond motifs is 1. The molecule has 0 bridgehead atoms. The molecule has 4 rings (SSSR count). The second-order valence-corrected chi connectivity index (χ2v) is 8.04. The molecular weight excluding hydrogens is 380 g/mol. The summed E-state index contributed by atoms with van der Waals surface area (Å²) in [5.74, 6) is 1.28. The van der Waals surface area contributed by atoms with Gasteiger partial charge < -0.3 is 14.4 Å². The molecule has 2 heterocycles. The maximum atomic E-state index is 12.3. The first-order valence-electron chi connectivity index (χ1n) is 10.3. The van der Waals surface area contributed by atoms with Crippen molar-refractivity contribution >= 4 is 11.6 Å². The van der Waals surface area contributed by atoms with Gasteiger partial charge >= 0.3 is 0 Å². The molecule has 1 saturated heterocycles. The Kier molecular flexibility index (Phi) is 5.72. The van der Waals surface area contributed by atoms with Gasteiger partial charge in [-0.15, -0.1) is 0 Å². The third kappa shape index (κ3) is 3.65. The highest BCUT2D eigenvalue weighted by molar-refractivity contribution is 5.95. The Morgan fingerprint density at radius 2 is 2.07 bits per heavy atom. The van der Waals surface area contributed by atoms with Crippen LogP contribution in [0.1, 0.15) is 41.6 Å². The fourth-order valence-electron chi connectivity index (χ4n) is 4.88. The van der Waals surface area contributed by atoms with E-state index in [1.165, 1.54) is 5.56 Å². The number of rotatable bonds is 5. The molecule has 1 amide bonds. The monoisotopic (exact) mass is 408 g/mol. The van der Waals surface area contributed by atoms with Crippen LogP contribution in [0.2, 0.25) is 0 Å². The van der Waals surface area contributed by atoms with Gasteiger partial charge in [0.2, 0.25) is 0 Å². The molecule has 0 unspecified atom stereocenters. The average Bonchev–Trinajstić information content (AvgIpc) is 3.14. The van der Waals surface area contributed by atoms with Gasteiger partial charge in [-0.3, -0.25) is 9.78 Å². The molecule has 1 aliphatic heterocycles. The van der Waals surface area contributed by atoms with Gasteiger partial charge in [-0.1, -0.05) is 6.07 Å². The summed E-state index contributed by atoms with van der Waals surface area (Å²) in [5.41, 5.74) is 5.58. The molecule has 7 heteroatoms. The minimum atomic E-state index is -0.230. The molecule has 2 fully saturated rings. The van der Waals surface area contributed by atoms with Crippen LogP contribution in [0.5, 0.6) is 11.5 Å². The third-order valence-corrected chi connectivity index (χ3v) is 6.57. The summed E-state index contributed by atoms with van der Waals surface area (Å²) < 4.78 is 11.0. The Hall–Kier alpha value is -2.93. The summed E-state index contributed by atoms with van der Waals surface area (Å²) in [4.78, 5) is 18.7. The second kappa shape index (κ2) is 8.44. The summed E-state index contributed by atoms with van der Waals surface area (Å²) in [7, 11) is 5.50. The minimum absolute atomic E-state index is 0.0562. The van der Waals surface area contributed by atoms with Crippen LogP contribution in [0.15, 0.2) is 47.8 Å². The third-order valence-electron chi connectivity index (χ3n) is 6.57. The smallest absolute Gasteiger partial charge is 0.272 e. The lowest BCUT2D eigenvalue weighted by Crippen LogP contribution is -2.46. The zero-order valence-corrected chi connectivity index (χ0v) is 17.7. The number of carbonyl (C=O) groups is 1. The van der Waals surface area contributed by atoms with Gasteiger partial charge in [0, 0.05) is 36.0 Å². The maximum Gasteiger partial charge on any atom is 0.272 e. The van der Waals surface area contributed by atoms with Crippen LogP contribution >= 0.6 is 0 Å². The van der Waals surface area contributed by atoms with Gasteiger partial charge in [0.1, 0.15) is 0 Å². The average molecular weight is 409 g/mol. The Balaban J connectivity index is 1.55. The van der Waals surface area contributed by atoms with E-state index in [2.05, 4.69) is 39.6 Å². The van der Waals surface area contributed by atoms with Gasteiger partial charge in [0.05, 0.1) is 19.8 Å². The minimum Gasteiger partial charge on any atom is -0.493 e. The number of hydrogen-bond donors (Lipinski definition) is 1. The van der Waals surface area contributed by atoms with Gasteiger partial charge in [-0.25, -0.2) is 5.43 Å². The van der Waals surface area contributed by atoms with Crippen molar-refractivity contribution in [3.63, 3.8) is 0 Å². The van der Waals surface area contributed by atoms with E-state index in [0.717, 1.165) is 49.4 Å². The molecule has 7 nitrogen and oxygen atoms in total. The highest BCUT2D eigenvalue weighted by Crippen LogP contribution is 2.49. The van der Waals surface area contributed by atoms with Crippen molar-refractivity contribution in [2.24, 2.45) is 5.10 Å². The lowest BCUT2D eigenvalue weighted by Gasteiger charge is -2.42. The van der Waals surface area contributed by atoms with E-state index in [0.29, 0.717) is 11.6 Å². The molecule has 2 atom stereocenters. The molecule has 1 aromatic heterocycles. The van der Waals surface area contributed by atoms with Gasteiger partial charge in [-0.05, 0) is 62.7 Å². The van der Waals surface area contributed by atoms with E-state index < -0.39 is 0 Å². The van der Waals surface area contributed by atoms with Gasteiger partial charge in [-0.2, -0.15) is 5.10 Å². The van der Waals surface area contributed by atoms with Gasteiger partial charge in [0.15, 0.2) is 11.5 Å². The number of hydrazone groups is 1. The van der Waals surface area contributed by atoms with Crippen LogP contribution in [-0.2, 0) is 5.41 Å². The molecule has 1 aromatic carbocycles. The standard InChI is InChI=1S/C23H28N4O3/c1-27-12-10-23(17-6-7-19(29-2)20(13-17)30-3)9-8-18(14-21(23)27)25-26-22(28)16-5-4-11-24-15-16/h4-7,11,13,15,21H,8-10,12,14H2,1-3H3,(H,26,28)/b25-18-/t21-,23-/m0/s1. The van der Waals surface area contributed by atoms with Crippen LogP contribution in [0.25, 0.3) is 0 Å². The first-order valence-corrected chi connectivity index (χ1v) is 10.3. The Labute approximate surface area is 177 Å². The topological polar surface area (TPSA) is 76.0 Å². The predicted octanol–water partition coefficient (Wildman–Crippen LogP) is 3.01. The molecule has 1 saturated carbocycles. The summed E-state index contributed by atoms with van der Waals surface area (Å²) >= 11 is 0. The number of methoxy groups -OCH3 is 2. The van der Waals surface area contributed by atoms with Crippen LogP contribution in [0.3, 0.4) is 0 Å². The first-order chi connectivity index (χ1) is 14.6. The maximum absolute atomic E-state index is 12.3. The Bertz CT molecular complexity index is 947. The van der Waals surface area contributed by atoms with E-state index in [1.807, 2.05) is 6.07 Å². The zero-order chi connectivity index (χ0) is 21.1. The molecule has 1 aliphatic carbocycles. The summed E-state index contributed by atoms with van der Waals surface area (Å²) in [6.07, 6.45) is 6.96. The number of likely N-dealkylation sites (N-methyl/N-ethyl adjacent to an activating group) is 1. The van der Waals surface area contributed by atoms with Crippen molar-refractivity contribution < 1.29 is 14.3 Å². The predicted molar refractivity (Wildman–Crippen MR) is 115 cm³/mol. The van der Waals surface area contributed by atoms with E-state index in [1.54, 1.807) is 38.7 Å². The molecule has 0 spiro atoms. The summed E-state index contributed by atoms with van der Waals surface area (Å²) in [6, 6.07) is 10.1. The lowest BCUT2D eigenvalue weighted by molar-refractivity contribution is 0.0954. The fraction of sp³-hybridized carbons (Fsp3) is 0.435. The number of pyridine rings is 1. The van der Waals surface area contributed by atoms with E-state index >= 15 is 0 Å². The number of benzene rings is 1. The normalized spacial score (nSPS) is 25.0. The van der Waals surface area contributed by atoms with Crippen LogP contribution in [-0.4, -0.2) is 55.4 Å². The molecule has 30 heavy (non-hydrogen) atoms. The number of hydrogen-bond acceptors (Lipinski definition) is 6. The van der Waals surface area contributed by atoms with Crippen LogP contribution in [0, 0.1) is 0 Å².